The summed E-state index contributed by atoms with van der Waals surface area (Å²) in [6.45, 7) is 3.25. The van der Waals surface area contributed by atoms with Gasteiger partial charge in [-0.05, 0) is 42.8 Å². The lowest BCUT2D eigenvalue weighted by atomic mass is 10.1. The van der Waals surface area contributed by atoms with Crippen LogP contribution in [-0.4, -0.2) is 18.4 Å². The Labute approximate surface area is 159 Å². The number of carbonyl (C=O) groups is 2. The molecule has 2 amide bonds. The number of aryl methyl sites for hydroxylation is 1. The summed E-state index contributed by atoms with van der Waals surface area (Å²) in [6, 6.07) is 9.46. The van der Waals surface area contributed by atoms with Crippen molar-refractivity contribution in [1.29, 1.82) is 0 Å². The highest BCUT2D eigenvalue weighted by Gasteiger charge is 2.30. The first-order chi connectivity index (χ1) is 12.6. The lowest BCUT2D eigenvalue weighted by Crippen LogP contribution is -2.32. The molecule has 27 heavy (non-hydrogen) atoms. The molecule has 2 aromatic rings. The molecule has 0 aliphatic rings. The van der Waals surface area contributed by atoms with Crippen molar-refractivity contribution in [3.05, 3.63) is 58.6 Å². The van der Waals surface area contributed by atoms with Crippen LogP contribution in [0.1, 0.15) is 24.5 Å². The molecule has 4 nitrogen and oxygen atoms in total. The molecular weight excluding hydrogens is 381 g/mol. The standard InChI is InChI=1S/C19H18ClF3N2O2/c1-12-6-7-15(20)11-17(12)25(13(2)26)9-8-18(27)24-16-5-3-4-14(10-16)19(21,22)23/h3-7,10-11H,8-9H2,1-2H3,(H,24,27). The van der Waals surface area contributed by atoms with E-state index in [9.17, 15) is 22.8 Å². The molecule has 0 unspecified atom stereocenters. The summed E-state index contributed by atoms with van der Waals surface area (Å²) in [5.41, 5.74) is 0.595. The predicted octanol–water partition coefficient (Wildman–Crippen LogP) is 5.05. The number of hydrogen-bond donors (Lipinski definition) is 1. The largest absolute Gasteiger partial charge is 0.416 e. The quantitative estimate of drug-likeness (QED) is 0.766. The van der Waals surface area contributed by atoms with E-state index in [1.807, 2.05) is 6.92 Å². The molecule has 0 heterocycles. The average Bonchev–Trinajstić information content (AvgIpc) is 2.57. The summed E-state index contributed by atoms with van der Waals surface area (Å²) in [6.07, 6.45) is -4.57. The molecule has 8 heteroatoms. The van der Waals surface area contributed by atoms with Crippen molar-refractivity contribution in [3.8, 4) is 0 Å². The normalized spacial score (nSPS) is 11.2. The van der Waals surface area contributed by atoms with Gasteiger partial charge < -0.3 is 10.2 Å². The molecule has 0 aliphatic heterocycles. The Morgan fingerprint density at radius 3 is 2.48 bits per heavy atom. The lowest BCUT2D eigenvalue weighted by Gasteiger charge is -2.23. The van der Waals surface area contributed by atoms with Crippen LogP contribution in [0.25, 0.3) is 0 Å². The number of nitrogens with one attached hydrogen (secondary N) is 1. The SMILES string of the molecule is CC(=O)N(CCC(=O)Nc1cccc(C(F)(F)F)c1)c1cc(Cl)ccc1C. The van der Waals surface area contributed by atoms with Gasteiger partial charge in [-0.1, -0.05) is 23.7 Å². The number of anilines is 2. The van der Waals surface area contributed by atoms with Crippen molar-refractivity contribution in [2.75, 3.05) is 16.8 Å². The average molecular weight is 399 g/mol. The maximum atomic E-state index is 12.7. The molecule has 0 saturated heterocycles. The van der Waals surface area contributed by atoms with Gasteiger partial charge in [0, 0.05) is 36.3 Å². The molecule has 0 aromatic heterocycles. The van der Waals surface area contributed by atoms with Gasteiger partial charge in [0.05, 0.1) is 5.56 Å². The number of halogens is 4. The first-order valence-electron chi connectivity index (χ1n) is 8.09. The second-order valence-electron chi connectivity index (χ2n) is 5.98. The van der Waals surface area contributed by atoms with Crippen LogP contribution in [0.3, 0.4) is 0 Å². The van der Waals surface area contributed by atoms with Crippen molar-refractivity contribution in [2.45, 2.75) is 26.4 Å². The maximum absolute atomic E-state index is 12.7. The maximum Gasteiger partial charge on any atom is 0.416 e. The topological polar surface area (TPSA) is 49.4 Å². The first kappa shape index (κ1) is 20.8. The Morgan fingerprint density at radius 2 is 1.85 bits per heavy atom. The first-order valence-corrected chi connectivity index (χ1v) is 8.47. The second-order valence-corrected chi connectivity index (χ2v) is 6.41. The third-order valence-corrected chi connectivity index (χ3v) is 4.11. The van der Waals surface area contributed by atoms with E-state index in [0.717, 1.165) is 17.7 Å². The number of nitrogens with zero attached hydrogens (tertiary/aromatic N) is 1. The van der Waals surface area contributed by atoms with Crippen LogP contribution in [0.5, 0.6) is 0 Å². The molecule has 144 valence electrons. The van der Waals surface area contributed by atoms with E-state index in [-0.39, 0.29) is 24.6 Å². The van der Waals surface area contributed by atoms with Gasteiger partial charge in [0.25, 0.3) is 0 Å². The molecule has 0 aliphatic carbocycles. The fourth-order valence-corrected chi connectivity index (χ4v) is 2.70. The zero-order valence-corrected chi connectivity index (χ0v) is 15.5. The number of alkyl halides is 3. The number of benzene rings is 2. The molecule has 0 fully saturated rings. The summed E-state index contributed by atoms with van der Waals surface area (Å²) in [5.74, 6) is -0.771. The Morgan fingerprint density at radius 1 is 1.15 bits per heavy atom. The Kier molecular flexibility index (Phi) is 6.49. The second kappa shape index (κ2) is 8.43. The van der Waals surface area contributed by atoms with E-state index in [0.29, 0.717) is 10.7 Å². The molecule has 0 radical (unpaired) electrons. The number of rotatable bonds is 5. The molecule has 0 bridgehead atoms. The Bertz CT molecular complexity index is 853. The minimum atomic E-state index is -4.49. The van der Waals surface area contributed by atoms with Crippen molar-refractivity contribution in [3.63, 3.8) is 0 Å². The monoisotopic (exact) mass is 398 g/mol. The van der Waals surface area contributed by atoms with Crippen molar-refractivity contribution in [2.24, 2.45) is 0 Å². The molecule has 0 spiro atoms. The summed E-state index contributed by atoms with van der Waals surface area (Å²) in [7, 11) is 0. The van der Waals surface area contributed by atoms with Crippen LogP contribution >= 0.6 is 11.6 Å². The highest BCUT2D eigenvalue weighted by atomic mass is 35.5. The molecule has 2 rings (SSSR count). The van der Waals surface area contributed by atoms with Gasteiger partial charge in [0.2, 0.25) is 11.8 Å². The zero-order chi connectivity index (χ0) is 20.2. The highest BCUT2D eigenvalue weighted by molar-refractivity contribution is 6.31. The fourth-order valence-electron chi connectivity index (χ4n) is 2.53. The summed E-state index contributed by atoms with van der Waals surface area (Å²) in [5, 5.41) is 2.88. The predicted molar refractivity (Wildman–Crippen MR) is 98.9 cm³/mol. The van der Waals surface area contributed by atoms with E-state index in [4.69, 9.17) is 11.6 Å². The molecule has 0 atom stereocenters. The summed E-state index contributed by atoms with van der Waals surface area (Å²) >= 11 is 5.98. The van der Waals surface area contributed by atoms with Gasteiger partial charge in [0.1, 0.15) is 0 Å². The van der Waals surface area contributed by atoms with Gasteiger partial charge in [-0.25, -0.2) is 0 Å². The van der Waals surface area contributed by atoms with E-state index in [1.54, 1.807) is 18.2 Å². The molecule has 0 saturated carbocycles. The third-order valence-electron chi connectivity index (χ3n) is 3.88. The van der Waals surface area contributed by atoms with E-state index < -0.39 is 17.6 Å². The van der Waals surface area contributed by atoms with E-state index >= 15 is 0 Å². The van der Waals surface area contributed by atoms with Gasteiger partial charge in [-0.3, -0.25) is 9.59 Å². The minimum Gasteiger partial charge on any atom is -0.326 e. The lowest BCUT2D eigenvalue weighted by molar-refractivity contribution is -0.137. The van der Waals surface area contributed by atoms with Crippen LogP contribution in [-0.2, 0) is 15.8 Å². The minimum absolute atomic E-state index is 0.0446. The molecular formula is C19H18ClF3N2O2. The Balaban J connectivity index is 2.07. The Hall–Kier alpha value is -2.54. The number of carbonyl (C=O) groups excluding carboxylic acids is 2. The van der Waals surface area contributed by atoms with Crippen LogP contribution in [0.4, 0.5) is 24.5 Å². The van der Waals surface area contributed by atoms with Gasteiger partial charge in [0.15, 0.2) is 0 Å². The van der Waals surface area contributed by atoms with Gasteiger partial charge in [-0.2, -0.15) is 13.2 Å². The van der Waals surface area contributed by atoms with Gasteiger partial charge >= 0.3 is 6.18 Å². The summed E-state index contributed by atoms with van der Waals surface area (Å²) < 4.78 is 38.2. The van der Waals surface area contributed by atoms with Crippen LogP contribution in [0.2, 0.25) is 5.02 Å². The van der Waals surface area contributed by atoms with Crippen molar-refractivity contribution in [1.82, 2.24) is 0 Å². The zero-order valence-electron chi connectivity index (χ0n) is 14.7. The van der Waals surface area contributed by atoms with Gasteiger partial charge in [-0.15, -0.1) is 0 Å². The van der Waals surface area contributed by atoms with Crippen LogP contribution < -0.4 is 10.2 Å². The van der Waals surface area contributed by atoms with Crippen LogP contribution in [0, 0.1) is 6.92 Å². The van der Waals surface area contributed by atoms with Crippen LogP contribution in [0.15, 0.2) is 42.5 Å². The third kappa shape index (κ3) is 5.72. The van der Waals surface area contributed by atoms with Crippen molar-refractivity contribution < 1.29 is 22.8 Å². The molecule has 2 aromatic carbocycles. The molecule has 1 N–H and O–H groups in total. The highest BCUT2D eigenvalue weighted by Crippen LogP contribution is 2.30. The summed E-state index contributed by atoms with van der Waals surface area (Å²) in [4.78, 5) is 25.5. The van der Waals surface area contributed by atoms with Crippen molar-refractivity contribution >= 4 is 34.8 Å². The van der Waals surface area contributed by atoms with E-state index in [1.165, 1.54) is 24.0 Å². The fraction of sp³-hybridized carbons (Fsp3) is 0.263. The van der Waals surface area contributed by atoms with E-state index in [2.05, 4.69) is 5.32 Å². The number of hydrogen-bond acceptors (Lipinski definition) is 2. The number of amides is 2. The smallest absolute Gasteiger partial charge is 0.326 e.